The van der Waals surface area contributed by atoms with Crippen LogP contribution < -0.4 is 15.5 Å². The Kier molecular flexibility index (Phi) is 9.01. The van der Waals surface area contributed by atoms with Crippen LogP contribution in [0.25, 0.3) is 5.65 Å². The van der Waals surface area contributed by atoms with Crippen LogP contribution in [0, 0.1) is 11.3 Å². The first-order chi connectivity index (χ1) is 22.0. The molecule has 4 fully saturated rings. The number of carbonyl (C=O) groups excluding carboxylic acids is 1. The Balaban J connectivity index is 0.949. The van der Waals surface area contributed by atoms with Crippen molar-refractivity contribution in [2.24, 2.45) is 11.3 Å². The van der Waals surface area contributed by atoms with Crippen molar-refractivity contribution in [1.29, 1.82) is 0 Å². The van der Waals surface area contributed by atoms with Gasteiger partial charge in [0.05, 0.1) is 31.1 Å². The van der Waals surface area contributed by atoms with Crippen molar-refractivity contribution in [3.63, 3.8) is 0 Å². The first kappa shape index (κ1) is 30.5. The van der Waals surface area contributed by atoms with E-state index in [4.69, 9.17) is 4.74 Å². The van der Waals surface area contributed by atoms with Crippen molar-refractivity contribution in [1.82, 2.24) is 34.6 Å². The normalized spacial score (nSPS) is 24.5. The van der Waals surface area contributed by atoms with Crippen LogP contribution in [0.2, 0.25) is 0 Å². The number of piperidine rings is 2. The number of anilines is 2. The van der Waals surface area contributed by atoms with Gasteiger partial charge < -0.3 is 25.2 Å². The quantitative estimate of drug-likeness (QED) is 0.376. The molecule has 3 aromatic heterocycles. The van der Waals surface area contributed by atoms with Gasteiger partial charge in [-0.3, -0.25) is 9.48 Å². The van der Waals surface area contributed by atoms with Gasteiger partial charge in [0.25, 0.3) is 12.3 Å². The zero-order valence-electron chi connectivity index (χ0n) is 26.0. The fraction of sp³-hybridized carbons (Fsp3) is 0.688. The molecule has 1 spiro atoms. The van der Waals surface area contributed by atoms with E-state index in [1.165, 1.54) is 69.0 Å². The van der Waals surface area contributed by atoms with Crippen LogP contribution in [-0.4, -0.2) is 94.2 Å². The van der Waals surface area contributed by atoms with E-state index in [9.17, 15) is 13.6 Å². The summed E-state index contributed by atoms with van der Waals surface area (Å²) in [6.45, 7) is 8.55. The van der Waals surface area contributed by atoms with Crippen molar-refractivity contribution in [3.05, 3.63) is 35.9 Å². The number of amides is 1. The number of ether oxygens (including phenoxy) is 1. The van der Waals surface area contributed by atoms with E-state index in [0.717, 1.165) is 38.0 Å². The second-order valence-corrected chi connectivity index (χ2v) is 13.4. The molecule has 0 radical (unpaired) electrons. The van der Waals surface area contributed by atoms with Gasteiger partial charge in [-0.2, -0.15) is 10.2 Å². The van der Waals surface area contributed by atoms with E-state index in [1.54, 1.807) is 17.1 Å². The van der Waals surface area contributed by atoms with Crippen LogP contribution in [0.5, 0.6) is 0 Å². The molecular weight excluding hydrogens is 580 g/mol. The lowest BCUT2D eigenvalue weighted by molar-refractivity contribution is 0.0689. The molecule has 0 aromatic carbocycles. The third-order valence-corrected chi connectivity index (χ3v) is 10.8. The smallest absolute Gasteiger partial charge is 0.284 e. The van der Waals surface area contributed by atoms with E-state index in [-0.39, 0.29) is 17.3 Å². The number of hydrogen-bond acceptors (Lipinski definition) is 8. The number of carbonyl (C=O) groups is 1. The summed E-state index contributed by atoms with van der Waals surface area (Å²) in [7, 11) is 0. The first-order valence-electron chi connectivity index (χ1n) is 16.8. The molecule has 1 amide bonds. The Hall–Kier alpha value is -3.16. The summed E-state index contributed by atoms with van der Waals surface area (Å²) >= 11 is 0. The van der Waals surface area contributed by atoms with Gasteiger partial charge >= 0.3 is 0 Å². The lowest BCUT2D eigenvalue weighted by Gasteiger charge is -2.44. The molecule has 6 heterocycles. The summed E-state index contributed by atoms with van der Waals surface area (Å²) in [6, 6.07) is 1.90. The molecule has 45 heavy (non-hydrogen) atoms. The van der Waals surface area contributed by atoms with Crippen LogP contribution in [0.4, 0.5) is 20.3 Å². The number of likely N-dealkylation sites (tertiary alicyclic amines) is 1. The SMILES string of the molecule is O=C(Nc1cn(C2CCC(CCN3CCC4(CCNCC4)CC3)CC2)nc1C(F)F)c1cnn2ccc(N3CCOCC3)nc12. The van der Waals surface area contributed by atoms with Gasteiger partial charge in [-0.1, -0.05) is 0 Å². The highest BCUT2D eigenvalue weighted by atomic mass is 19.3. The molecule has 1 aliphatic carbocycles. The molecule has 0 atom stereocenters. The van der Waals surface area contributed by atoms with Gasteiger partial charge in [0, 0.05) is 25.5 Å². The third-order valence-electron chi connectivity index (χ3n) is 10.8. The number of halogens is 2. The zero-order valence-corrected chi connectivity index (χ0v) is 26.0. The number of nitrogens with one attached hydrogen (secondary N) is 2. The lowest BCUT2D eigenvalue weighted by Crippen LogP contribution is -2.45. The molecule has 11 nitrogen and oxygen atoms in total. The van der Waals surface area contributed by atoms with Crippen molar-refractivity contribution in [3.8, 4) is 0 Å². The van der Waals surface area contributed by atoms with Crippen LogP contribution in [0.15, 0.2) is 24.7 Å². The molecule has 3 aromatic rings. The summed E-state index contributed by atoms with van der Waals surface area (Å²) in [5.41, 5.74) is 0.808. The highest BCUT2D eigenvalue weighted by Gasteiger charge is 2.35. The Morgan fingerprint density at radius 2 is 1.82 bits per heavy atom. The Bertz CT molecular complexity index is 1450. The van der Waals surface area contributed by atoms with Crippen LogP contribution in [0.3, 0.4) is 0 Å². The Morgan fingerprint density at radius 1 is 1.07 bits per heavy atom. The number of hydrogen-bond donors (Lipinski definition) is 2. The topological polar surface area (TPSA) is 105 Å². The van der Waals surface area contributed by atoms with E-state index in [0.29, 0.717) is 43.3 Å². The average molecular weight is 626 g/mol. The van der Waals surface area contributed by atoms with Crippen molar-refractivity contribution in [2.75, 3.05) is 69.2 Å². The van der Waals surface area contributed by atoms with Crippen molar-refractivity contribution >= 4 is 23.1 Å². The minimum absolute atomic E-state index is 0.0393. The standard InChI is InChI=1S/C32H45F2N9O2/c33-29(34)28-26(37-31(44)25-21-36-42-14-6-27(38-30(25)42)41-17-19-45-20-18-41)22-43(39-28)24-3-1-23(2-4-24)5-13-40-15-9-32(10-16-40)7-11-35-12-8-32/h6,14,21-24,29,35H,1-5,7-13,15-20H2,(H,37,44). The van der Waals surface area contributed by atoms with E-state index in [2.05, 4.69) is 35.6 Å². The number of fused-ring (bicyclic) bond motifs is 1. The summed E-state index contributed by atoms with van der Waals surface area (Å²) < 4.78 is 36.8. The van der Waals surface area contributed by atoms with E-state index in [1.807, 2.05) is 6.07 Å². The first-order valence-corrected chi connectivity index (χ1v) is 16.8. The third kappa shape index (κ3) is 6.71. The van der Waals surface area contributed by atoms with E-state index >= 15 is 0 Å². The highest BCUT2D eigenvalue weighted by molar-refractivity contribution is 6.08. The molecule has 4 aliphatic rings. The Morgan fingerprint density at radius 3 is 2.56 bits per heavy atom. The predicted molar refractivity (Wildman–Crippen MR) is 167 cm³/mol. The molecule has 3 aliphatic heterocycles. The second kappa shape index (κ2) is 13.3. The highest BCUT2D eigenvalue weighted by Crippen LogP contribution is 2.40. The van der Waals surface area contributed by atoms with Crippen LogP contribution in [-0.2, 0) is 4.74 Å². The molecule has 244 valence electrons. The van der Waals surface area contributed by atoms with Crippen LogP contribution in [0.1, 0.15) is 86.3 Å². The fourth-order valence-electron chi connectivity index (χ4n) is 7.80. The van der Waals surface area contributed by atoms with Crippen molar-refractivity contribution < 1.29 is 18.3 Å². The predicted octanol–water partition coefficient (Wildman–Crippen LogP) is 4.54. The monoisotopic (exact) mass is 625 g/mol. The molecule has 13 heteroatoms. The fourth-order valence-corrected chi connectivity index (χ4v) is 7.80. The maximum atomic E-state index is 14.1. The number of morpholine rings is 1. The molecule has 3 saturated heterocycles. The van der Waals surface area contributed by atoms with Gasteiger partial charge in [0.15, 0.2) is 11.3 Å². The molecule has 0 unspecified atom stereocenters. The van der Waals surface area contributed by atoms with Crippen LogP contribution >= 0.6 is 0 Å². The number of rotatable bonds is 8. The minimum Gasteiger partial charge on any atom is -0.378 e. The summed E-state index contributed by atoms with van der Waals surface area (Å²) in [5, 5.41) is 14.7. The molecule has 2 N–H and O–H groups in total. The molecule has 7 rings (SSSR count). The van der Waals surface area contributed by atoms with Gasteiger partial charge in [0.1, 0.15) is 11.4 Å². The maximum Gasteiger partial charge on any atom is 0.284 e. The van der Waals surface area contributed by atoms with Crippen molar-refractivity contribution in [2.45, 2.75) is 70.3 Å². The maximum absolute atomic E-state index is 14.1. The van der Waals surface area contributed by atoms with Gasteiger partial charge in [-0.05, 0) is 108 Å². The van der Waals surface area contributed by atoms with Gasteiger partial charge in [-0.15, -0.1) is 0 Å². The molecular formula is C32H45F2N9O2. The average Bonchev–Trinajstić information content (AvgIpc) is 3.70. The lowest BCUT2D eigenvalue weighted by atomic mass is 9.71. The summed E-state index contributed by atoms with van der Waals surface area (Å²) in [5.74, 6) is 0.843. The number of aromatic nitrogens is 5. The van der Waals surface area contributed by atoms with Gasteiger partial charge in [0.2, 0.25) is 0 Å². The second-order valence-electron chi connectivity index (χ2n) is 13.4. The summed E-state index contributed by atoms with van der Waals surface area (Å²) in [4.78, 5) is 22.7. The molecule has 0 bridgehead atoms. The number of alkyl halides is 2. The molecule has 1 saturated carbocycles. The van der Waals surface area contributed by atoms with Gasteiger partial charge in [-0.25, -0.2) is 18.3 Å². The van der Waals surface area contributed by atoms with E-state index < -0.39 is 18.0 Å². The number of nitrogens with zero attached hydrogens (tertiary/aromatic N) is 7. The minimum atomic E-state index is -2.80. The zero-order chi connectivity index (χ0) is 30.8. The Labute approximate surface area is 262 Å². The summed E-state index contributed by atoms with van der Waals surface area (Å²) in [6.07, 6.45) is 12.4. The largest absolute Gasteiger partial charge is 0.378 e.